The Balaban J connectivity index is 1.75. The van der Waals surface area contributed by atoms with Gasteiger partial charge < -0.3 is 29.2 Å². The normalized spacial score (nSPS) is 22.2. The van der Waals surface area contributed by atoms with Gasteiger partial charge in [0, 0.05) is 0 Å². The Hall–Kier alpha value is -4.04. The summed E-state index contributed by atoms with van der Waals surface area (Å²) in [5, 5.41) is 7.07. The molecule has 0 bridgehead atoms. The molecule has 1 aliphatic heterocycles. The second-order valence-corrected chi connectivity index (χ2v) is 18.4. The van der Waals surface area contributed by atoms with E-state index in [2.05, 4.69) is 35.9 Å². The van der Waals surface area contributed by atoms with Crippen molar-refractivity contribution < 1.29 is 46.9 Å². The van der Waals surface area contributed by atoms with Crippen LogP contribution in [-0.2, 0) is 53.4 Å². The fourth-order valence-electron chi connectivity index (χ4n) is 5.59. The van der Waals surface area contributed by atoms with Crippen LogP contribution in [0.25, 0.3) is 5.52 Å². The maximum Gasteiger partial charge on any atom is 0.459 e. The quantitative estimate of drug-likeness (QED) is 0.108. The predicted octanol–water partition coefficient (Wildman–Crippen LogP) is 6.13. The van der Waals surface area contributed by atoms with Gasteiger partial charge in [0.25, 0.3) is 0 Å². The van der Waals surface area contributed by atoms with Crippen LogP contribution >= 0.6 is 7.75 Å². The van der Waals surface area contributed by atoms with Crippen molar-refractivity contribution in [1.29, 1.82) is 0 Å². The largest absolute Gasteiger partial charge is 0.464 e. The van der Waals surface area contributed by atoms with Gasteiger partial charge in [-0.1, -0.05) is 81.4 Å². The maximum atomic E-state index is 14.7. The molecule has 1 fully saturated rings. The van der Waals surface area contributed by atoms with Gasteiger partial charge in [-0.05, 0) is 54.5 Å². The lowest BCUT2D eigenvalue weighted by Crippen LogP contribution is -2.46. The number of nitrogens with zero attached hydrogens (tertiary/aromatic N) is 3. The number of benzene rings is 1. The highest BCUT2D eigenvalue weighted by atomic mass is 31.2. The number of aromatic nitrogens is 3. The van der Waals surface area contributed by atoms with Crippen LogP contribution in [0.2, 0.25) is 0 Å². The van der Waals surface area contributed by atoms with E-state index in [1.54, 1.807) is 58.9 Å². The maximum absolute atomic E-state index is 14.7. The Morgan fingerprint density at radius 1 is 0.944 bits per heavy atom. The van der Waals surface area contributed by atoms with Crippen molar-refractivity contribution in [3.63, 3.8) is 0 Å². The Morgan fingerprint density at radius 3 is 2.13 bits per heavy atom. The number of hydrogen-bond donors (Lipinski definition) is 2. The third-order valence-corrected chi connectivity index (χ3v) is 10.4. The minimum absolute atomic E-state index is 0.122. The second-order valence-electron chi connectivity index (χ2n) is 16.7. The number of anilines is 1. The monoisotopic (exact) mass is 773 g/mol. The fourth-order valence-corrected chi connectivity index (χ4v) is 7.09. The van der Waals surface area contributed by atoms with Crippen LogP contribution < -0.4 is 15.3 Å². The molecule has 2 aromatic heterocycles. The van der Waals surface area contributed by atoms with E-state index in [0.717, 1.165) is 5.56 Å². The first-order chi connectivity index (χ1) is 24.9. The molecule has 1 unspecified atom stereocenters. The first kappa shape index (κ1) is 42.7. The standard InChI is InChI=1S/C38H56N5O10P/c1-22(2)33(44)50-30-28(52-38(12,31(30)51-34(45)23(3)4)29-18-17-27-32(39)40-21-41-43(27)29)19-49-54(47,42-24(5)35(46)48-20-36(6,7)8)53-26-15-13-25(14-16-26)37(9,10)11/h13-18,21-24,28,30-31H,19-20H2,1-12H3,(H,42,47)(H2,39,40,41)/t24-,28+,30+,31+,38-,54?/m0/s1. The van der Waals surface area contributed by atoms with Gasteiger partial charge in [-0.25, -0.2) is 14.1 Å². The summed E-state index contributed by atoms with van der Waals surface area (Å²) < 4.78 is 52.5. The van der Waals surface area contributed by atoms with E-state index in [9.17, 15) is 18.9 Å². The van der Waals surface area contributed by atoms with Gasteiger partial charge in [-0.15, -0.1) is 0 Å². The second kappa shape index (κ2) is 16.4. The Morgan fingerprint density at radius 2 is 1.56 bits per heavy atom. The van der Waals surface area contributed by atoms with E-state index in [1.807, 2.05) is 32.9 Å². The number of rotatable bonds is 14. The SMILES string of the molecule is CC(C)C(=O)O[C@H]1[C@@H](OC(=O)C(C)C)[C@](C)(c2ccc3c(N)ncnn23)O[C@@H]1COP(=O)(N[C@@H](C)C(=O)OCC(C)(C)C)Oc1ccc(C(C)(C)C)cc1. The van der Waals surface area contributed by atoms with Gasteiger partial charge in [-0.2, -0.15) is 10.2 Å². The molecule has 3 N–H and O–H groups in total. The van der Waals surface area contributed by atoms with Crippen LogP contribution in [0.1, 0.15) is 94.3 Å². The first-order valence-electron chi connectivity index (χ1n) is 18.1. The number of carbonyl (C=O) groups excluding carboxylic acids is 3. The van der Waals surface area contributed by atoms with Crippen LogP contribution in [0.15, 0.2) is 42.7 Å². The molecule has 1 saturated heterocycles. The zero-order valence-electron chi connectivity index (χ0n) is 33.4. The van der Waals surface area contributed by atoms with E-state index >= 15 is 0 Å². The summed E-state index contributed by atoms with van der Waals surface area (Å²) >= 11 is 0. The molecule has 298 valence electrons. The highest BCUT2D eigenvalue weighted by Crippen LogP contribution is 2.49. The summed E-state index contributed by atoms with van der Waals surface area (Å²) in [6.07, 6.45) is -2.40. The molecule has 0 amide bonds. The minimum atomic E-state index is -4.44. The number of fused-ring (bicyclic) bond motifs is 1. The lowest BCUT2D eigenvalue weighted by molar-refractivity contribution is -0.175. The summed E-state index contributed by atoms with van der Waals surface area (Å²) in [4.78, 5) is 43.6. The molecule has 0 aliphatic carbocycles. The summed E-state index contributed by atoms with van der Waals surface area (Å²) in [7, 11) is -4.44. The molecule has 0 spiro atoms. The van der Waals surface area contributed by atoms with Crippen LogP contribution in [0.3, 0.4) is 0 Å². The van der Waals surface area contributed by atoms with Crippen LogP contribution in [0.5, 0.6) is 5.75 Å². The van der Waals surface area contributed by atoms with Crippen LogP contribution in [0, 0.1) is 17.3 Å². The van der Waals surface area contributed by atoms with Gasteiger partial charge in [0.15, 0.2) is 18.0 Å². The Labute approximate surface area is 317 Å². The molecule has 3 heterocycles. The van der Waals surface area contributed by atoms with Crippen molar-refractivity contribution in [2.24, 2.45) is 17.3 Å². The highest BCUT2D eigenvalue weighted by Gasteiger charge is 2.59. The average Bonchev–Trinajstić information content (AvgIpc) is 3.62. The molecule has 6 atom stereocenters. The highest BCUT2D eigenvalue weighted by molar-refractivity contribution is 7.52. The molecular formula is C38H56N5O10P. The molecule has 1 aromatic carbocycles. The van der Waals surface area contributed by atoms with E-state index in [4.69, 9.17) is 33.7 Å². The molecule has 4 rings (SSSR count). The number of esters is 3. The average molecular weight is 774 g/mol. The molecular weight excluding hydrogens is 717 g/mol. The summed E-state index contributed by atoms with van der Waals surface area (Å²) in [5.74, 6) is -2.55. The predicted molar refractivity (Wildman–Crippen MR) is 201 cm³/mol. The van der Waals surface area contributed by atoms with E-state index in [-0.39, 0.29) is 29.0 Å². The Bertz CT molecular complexity index is 1850. The number of carbonyl (C=O) groups is 3. The number of nitrogen functional groups attached to an aromatic ring is 1. The molecule has 0 saturated carbocycles. The zero-order valence-corrected chi connectivity index (χ0v) is 34.3. The molecule has 1 aliphatic rings. The van der Waals surface area contributed by atoms with Gasteiger partial charge in [0.1, 0.15) is 35.3 Å². The van der Waals surface area contributed by atoms with Crippen molar-refractivity contribution >= 4 is 37.0 Å². The fraction of sp³-hybridized carbons (Fsp3) is 0.605. The van der Waals surface area contributed by atoms with Crippen molar-refractivity contribution in [1.82, 2.24) is 19.7 Å². The number of ether oxygens (including phenoxy) is 4. The topological polar surface area (TPSA) is 192 Å². The van der Waals surface area contributed by atoms with Crippen LogP contribution in [-0.4, -0.2) is 70.1 Å². The zero-order chi connectivity index (χ0) is 40.4. The van der Waals surface area contributed by atoms with Gasteiger partial charge in [-0.3, -0.25) is 18.9 Å². The van der Waals surface area contributed by atoms with E-state index < -0.39 is 74.1 Å². The Kier molecular flexibility index (Phi) is 12.9. The molecule has 16 heteroatoms. The van der Waals surface area contributed by atoms with Crippen LogP contribution in [0.4, 0.5) is 5.82 Å². The summed E-state index contributed by atoms with van der Waals surface area (Å²) in [6, 6.07) is 9.26. The summed E-state index contributed by atoms with van der Waals surface area (Å²) in [5.41, 5.74) is 6.04. The van der Waals surface area contributed by atoms with E-state index in [0.29, 0.717) is 11.2 Å². The van der Waals surface area contributed by atoms with Gasteiger partial charge in [0.2, 0.25) is 0 Å². The van der Waals surface area contributed by atoms with Crippen molar-refractivity contribution in [3.05, 3.63) is 54.0 Å². The van der Waals surface area contributed by atoms with Crippen molar-refractivity contribution in [2.75, 3.05) is 18.9 Å². The third-order valence-electron chi connectivity index (χ3n) is 8.74. The van der Waals surface area contributed by atoms with Gasteiger partial charge >= 0.3 is 25.7 Å². The minimum Gasteiger partial charge on any atom is -0.464 e. The van der Waals surface area contributed by atoms with Gasteiger partial charge in [0.05, 0.1) is 30.7 Å². The third kappa shape index (κ3) is 10.2. The number of nitrogens with two attached hydrogens (primary N) is 1. The smallest absolute Gasteiger partial charge is 0.459 e. The van der Waals surface area contributed by atoms with Crippen molar-refractivity contribution in [3.8, 4) is 5.75 Å². The summed E-state index contributed by atoms with van der Waals surface area (Å²) in [6.45, 7) is 21.4. The molecule has 54 heavy (non-hydrogen) atoms. The van der Waals surface area contributed by atoms with E-state index in [1.165, 1.54) is 17.8 Å². The first-order valence-corrected chi connectivity index (χ1v) is 19.6. The number of nitrogens with one attached hydrogen (secondary N) is 1. The molecule has 0 radical (unpaired) electrons. The molecule has 15 nitrogen and oxygen atoms in total. The lowest BCUT2D eigenvalue weighted by Gasteiger charge is -2.31. The lowest BCUT2D eigenvalue weighted by atomic mass is 9.87. The molecule has 3 aromatic rings. The number of hydrogen-bond acceptors (Lipinski definition) is 13. The van der Waals surface area contributed by atoms with Crippen molar-refractivity contribution in [2.45, 2.75) is 118 Å².